The van der Waals surface area contributed by atoms with Crippen molar-refractivity contribution in [3.05, 3.63) is 34.7 Å². The molecule has 0 spiro atoms. The van der Waals surface area contributed by atoms with Gasteiger partial charge < -0.3 is 9.97 Å². The average Bonchev–Trinajstić information content (AvgIpc) is 2.33. The Kier molecular flexibility index (Phi) is 2.14. The Morgan fingerprint density at radius 2 is 1.91 bits per heavy atom. The lowest BCUT2D eigenvalue weighted by atomic mass is 10.4. The molecule has 0 aromatic carbocycles. The monoisotopic (exact) mass is 214 g/mol. The Hall–Kier alpha value is -1.03. The molecule has 0 unspecified atom stereocenters. The highest BCUT2D eigenvalue weighted by Crippen LogP contribution is 2.03. The first kappa shape index (κ1) is 8.07. The molecule has 0 fully saturated rings. The van der Waals surface area contributed by atoms with Crippen LogP contribution in [0.5, 0.6) is 0 Å². The van der Waals surface area contributed by atoms with E-state index in [1.54, 1.807) is 12.3 Å². The number of H-pyrrole nitrogens is 2. The van der Waals surface area contributed by atoms with E-state index in [4.69, 9.17) is 0 Å². The van der Waals surface area contributed by atoms with Gasteiger partial charge in [0.05, 0.1) is 11.0 Å². The van der Waals surface area contributed by atoms with Gasteiger partial charge in [0.1, 0.15) is 0 Å². The molecule has 3 nitrogen and oxygen atoms in total. The van der Waals surface area contributed by atoms with E-state index in [1.165, 1.54) is 6.07 Å². The van der Waals surface area contributed by atoms with Crippen LogP contribution in [0.4, 0.5) is 0 Å². The number of nitrogens with one attached hydrogen (secondary N) is 2. The molecule has 0 aliphatic carbocycles. The van der Waals surface area contributed by atoms with Crippen molar-refractivity contribution in [3.8, 4) is 0 Å². The lowest BCUT2D eigenvalue weighted by Crippen LogP contribution is -2.00. The molecule has 2 aromatic rings. The zero-order chi connectivity index (χ0) is 6.97. The quantitative estimate of drug-likeness (QED) is 0.686. The van der Waals surface area contributed by atoms with Gasteiger partial charge in [-0.05, 0) is 12.1 Å². The third kappa shape index (κ3) is 1.35. The van der Waals surface area contributed by atoms with Gasteiger partial charge in [-0.3, -0.25) is 4.79 Å². The molecule has 0 aliphatic rings. The molecule has 2 heterocycles. The molecular formula is C7H7BrN2O. The number of rotatable bonds is 0. The van der Waals surface area contributed by atoms with Gasteiger partial charge in [0.25, 0.3) is 0 Å². The third-order valence-corrected chi connectivity index (χ3v) is 1.44. The minimum absolute atomic E-state index is 0. The Labute approximate surface area is 73.2 Å². The second-order valence-corrected chi connectivity index (χ2v) is 2.13. The maximum Gasteiger partial charge on any atom is 0.248 e. The summed E-state index contributed by atoms with van der Waals surface area (Å²) in [5.41, 5.74) is 1.75. The third-order valence-electron chi connectivity index (χ3n) is 1.44. The van der Waals surface area contributed by atoms with Crippen LogP contribution < -0.4 is 5.56 Å². The standard InChI is InChI=1S/C7H6N2O.BrH/c10-7-2-1-5-6(9-7)3-4-8-5;/h1-4,8H,(H,9,10);1H. The number of pyridine rings is 1. The molecule has 58 valence electrons. The summed E-state index contributed by atoms with van der Waals surface area (Å²) in [7, 11) is 0. The minimum Gasteiger partial charge on any atom is -0.360 e. The van der Waals surface area contributed by atoms with Crippen LogP contribution in [0.15, 0.2) is 29.2 Å². The zero-order valence-corrected chi connectivity index (χ0v) is 7.34. The number of fused-ring (bicyclic) bond motifs is 1. The van der Waals surface area contributed by atoms with E-state index < -0.39 is 0 Å². The number of hydrogen-bond acceptors (Lipinski definition) is 1. The summed E-state index contributed by atoms with van der Waals surface area (Å²) in [6.07, 6.45) is 1.79. The van der Waals surface area contributed by atoms with E-state index in [-0.39, 0.29) is 22.5 Å². The fraction of sp³-hybridized carbons (Fsp3) is 0. The predicted octanol–water partition coefficient (Wildman–Crippen LogP) is 1.43. The average molecular weight is 215 g/mol. The molecule has 0 saturated carbocycles. The van der Waals surface area contributed by atoms with E-state index in [2.05, 4.69) is 9.97 Å². The second-order valence-electron chi connectivity index (χ2n) is 2.13. The highest BCUT2D eigenvalue weighted by atomic mass is 79.9. The molecule has 2 rings (SSSR count). The lowest BCUT2D eigenvalue weighted by Gasteiger charge is -1.84. The van der Waals surface area contributed by atoms with Crippen molar-refractivity contribution < 1.29 is 0 Å². The van der Waals surface area contributed by atoms with Crippen LogP contribution in [-0.2, 0) is 0 Å². The largest absolute Gasteiger partial charge is 0.360 e. The molecule has 11 heavy (non-hydrogen) atoms. The van der Waals surface area contributed by atoms with Crippen molar-refractivity contribution in [1.29, 1.82) is 0 Å². The smallest absolute Gasteiger partial charge is 0.248 e. The molecule has 0 bridgehead atoms. The minimum atomic E-state index is -0.0629. The van der Waals surface area contributed by atoms with Gasteiger partial charge in [0.2, 0.25) is 5.56 Å². The molecule has 2 aromatic heterocycles. The van der Waals surface area contributed by atoms with Gasteiger partial charge in [0, 0.05) is 12.3 Å². The first-order chi connectivity index (χ1) is 4.86. The van der Waals surface area contributed by atoms with Crippen LogP contribution in [0, 0.1) is 0 Å². The first-order valence-electron chi connectivity index (χ1n) is 3.03. The highest BCUT2D eigenvalue weighted by molar-refractivity contribution is 8.93. The normalized spacial score (nSPS) is 9.45. The topological polar surface area (TPSA) is 48.6 Å². The van der Waals surface area contributed by atoms with Crippen LogP contribution in [-0.4, -0.2) is 9.97 Å². The molecule has 0 amide bonds. The van der Waals surface area contributed by atoms with Crippen LogP contribution >= 0.6 is 17.0 Å². The summed E-state index contributed by atoms with van der Waals surface area (Å²) >= 11 is 0. The fourth-order valence-corrected chi connectivity index (χ4v) is 0.963. The van der Waals surface area contributed by atoms with Crippen molar-refractivity contribution in [2.45, 2.75) is 0 Å². The summed E-state index contributed by atoms with van der Waals surface area (Å²) in [5.74, 6) is 0. The molecule has 2 N–H and O–H groups in total. The second kappa shape index (κ2) is 2.92. The first-order valence-corrected chi connectivity index (χ1v) is 3.03. The molecule has 4 heteroatoms. The predicted molar refractivity (Wildman–Crippen MR) is 49.2 cm³/mol. The van der Waals surface area contributed by atoms with E-state index in [1.807, 2.05) is 6.07 Å². The molecule has 0 saturated heterocycles. The summed E-state index contributed by atoms with van der Waals surface area (Å²) in [6, 6.07) is 5.09. The van der Waals surface area contributed by atoms with E-state index >= 15 is 0 Å². The summed E-state index contributed by atoms with van der Waals surface area (Å²) in [4.78, 5) is 16.4. The van der Waals surface area contributed by atoms with E-state index in [9.17, 15) is 4.79 Å². The number of hydrogen-bond donors (Lipinski definition) is 2. The maximum absolute atomic E-state index is 10.7. The van der Waals surface area contributed by atoms with Gasteiger partial charge in [-0.25, -0.2) is 0 Å². The SMILES string of the molecule is Br.O=c1ccc2[nH]ccc2[nH]1. The Morgan fingerprint density at radius 3 is 2.73 bits per heavy atom. The molecule has 0 radical (unpaired) electrons. The maximum atomic E-state index is 10.7. The van der Waals surface area contributed by atoms with Crippen molar-refractivity contribution in [2.75, 3.05) is 0 Å². The summed E-state index contributed by atoms with van der Waals surface area (Å²) < 4.78 is 0. The summed E-state index contributed by atoms with van der Waals surface area (Å²) in [6.45, 7) is 0. The number of halogens is 1. The Bertz CT molecular complexity index is 404. The van der Waals surface area contributed by atoms with Crippen molar-refractivity contribution in [2.24, 2.45) is 0 Å². The van der Waals surface area contributed by atoms with Crippen molar-refractivity contribution in [1.82, 2.24) is 9.97 Å². The number of aromatic nitrogens is 2. The van der Waals surface area contributed by atoms with Crippen molar-refractivity contribution in [3.63, 3.8) is 0 Å². The Morgan fingerprint density at radius 1 is 1.09 bits per heavy atom. The van der Waals surface area contributed by atoms with Crippen LogP contribution in [0.25, 0.3) is 11.0 Å². The Balaban J connectivity index is 0.000000605. The molecular weight excluding hydrogens is 208 g/mol. The van der Waals surface area contributed by atoms with Crippen LogP contribution in [0.2, 0.25) is 0 Å². The lowest BCUT2D eigenvalue weighted by molar-refractivity contribution is 1.31. The fourth-order valence-electron chi connectivity index (χ4n) is 0.963. The van der Waals surface area contributed by atoms with Gasteiger partial charge in [-0.1, -0.05) is 0 Å². The van der Waals surface area contributed by atoms with Gasteiger partial charge >= 0.3 is 0 Å². The summed E-state index contributed by atoms with van der Waals surface area (Å²) in [5, 5.41) is 0. The van der Waals surface area contributed by atoms with Crippen LogP contribution in [0.1, 0.15) is 0 Å². The molecule has 0 atom stereocenters. The number of aromatic amines is 2. The van der Waals surface area contributed by atoms with E-state index in [0.717, 1.165) is 11.0 Å². The van der Waals surface area contributed by atoms with Gasteiger partial charge in [0.15, 0.2) is 0 Å². The highest BCUT2D eigenvalue weighted by Gasteiger charge is 1.90. The molecule has 0 aliphatic heterocycles. The van der Waals surface area contributed by atoms with Crippen molar-refractivity contribution >= 4 is 28.0 Å². The van der Waals surface area contributed by atoms with Crippen LogP contribution in [0.3, 0.4) is 0 Å². The van der Waals surface area contributed by atoms with E-state index in [0.29, 0.717) is 0 Å². The zero-order valence-electron chi connectivity index (χ0n) is 5.63. The van der Waals surface area contributed by atoms with Gasteiger partial charge in [-0.2, -0.15) is 0 Å². The van der Waals surface area contributed by atoms with Gasteiger partial charge in [-0.15, -0.1) is 17.0 Å².